The van der Waals surface area contributed by atoms with Crippen molar-refractivity contribution in [2.45, 2.75) is 51.6 Å². The van der Waals surface area contributed by atoms with Crippen molar-refractivity contribution in [3.8, 4) is 0 Å². The fraction of sp³-hybridized carbons (Fsp3) is 0.588. The van der Waals surface area contributed by atoms with E-state index >= 15 is 0 Å². The Kier molecular flexibility index (Phi) is 3.34. The molecule has 4 nitrogen and oxygen atoms in total. The number of aromatic amines is 1. The molecule has 1 aliphatic carbocycles. The topological polar surface area (TPSA) is 45.1 Å². The van der Waals surface area contributed by atoms with E-state index in [1.54, 1.807) is 0 Å². The van der Waals surface area contributed by atoms with E-state index in [-0.39, 0.29) is 0 Å². The lowest BCUT2D eigenvalue weighted by Crippen LogP contribution is -2.36. The molecule has 0 radical (unpaired) electrons. The quantitative estimate of drug-likeness (QED) is 0.915. The van der Waals surface area contributed by atoms with Gasteiger partial charge in [0.05, 0.1) is 24.6 Å². The molecule has 4 rings (SSSR count). The zero-order valence-electron chi connectivity index (χ0n) is 12.6. The largest absolute Gasteiger partial charge is 0.465 e. The molecule has 1 atom stereocenters. The van der Waals surface area contributed by atoms with Gasteiger partial charge in [0.25, 0.3) is 0 Å². The number of H-pyrrole nitrogens is 1. The van der Waals surface area contributed by atoms with E-state index < -0.39 is 0 Å². The molecule has 3 heterocycles. The van der Waals surface area contributed by atoms with Crippen LogP contribution in [0.25, 0.3) is 0 Å². The van der Waals surface area contributed by atoms with E-state index in [4.69, 9.17) is 4.42 Å². The summed E-state index contributed by atoms with van der Waals surface area (Å²) >= 11 is 0. The number of hydrogen-bond acceptors (Lipinski definition) is 3. The Hall–Kier alpha value is -1.55. The number of rotatable bonds is 5. The molecule has 1 N–H and O–H groups in total. The van der Waals surface area contributed by atoms with Crippen LogP contribution in [0.5, 0.6) is 0 Å². The number of imidazole rings is 1. The van der Waals surface area contributed by atoms with Crippen LogP contribution < -0.4 is 0 Å². The molecule has 0 unspecified atom stereocenters. The van der Waals surface area contributed by atoms with Crippen LogP contribution in [0, 0.1) is 5.92 Å². The van der Waals surface area contributed by atoms with Gasteiger partial charge in [-0.3, -0.25) is 4.90 Å². The smallest absolute Gasteiger partial charge is 0.118 e. The van der Waals surface area contributed by atoms with Crippen LogP contribution in [0.4, 0.5) is 0 Å². The van der Waals surface area contributed by atoms with Crippen molar-refractivity contribution in [3.63, 3.8) is 0 Å². The first-order valence-corrected chi connectivity index (χ1v) is 8.19. The monoisotopic (exact) mass is 285 g/mol. The second kappa shape index (κ2) is 5.34. The molecule has 0 bridgehead atoms. The Morgan fingerprint density at radius 3 is 3.00 bits per heavy atom. The minimum absolute atomic E-state index is 0.486. The van der Waals surface area contributed by atoms with Crippen molar-refractivity contribution >= 4 is 0 Å². The zero-order valence-corrected chi connectivity index (χ0v) is 12.6. The summed E-state index contributed by atoms with van der Waals surface area (Å²) in [5.41, 5.74) is 2.62. The predicted octanol–water partition coefficient (Wildman–Crippen LogP) is 3.46. The molecule has 112 valence electrons. The summed E-state index contributed by atoms with van der Waals surface area (Å²) in [4.78, 5) is 10.5. The minimum Gasteiger partial charge on any atom is -0.465 e. The van der Waals surface area contributed by atoms with Gasteiger partial charge in [-0.1, -0.05) is 6.92 Å². The summed E-state index contributed by atoms with van der Waals surface area (Å²) in [5.74, 6) is 3.01. The SMILES string of the molecule is CCCc1ccc(CN2CCc3[nH]cnc3[C@H]2C2CC2)o1. The number of aryl methyl sites for hydroxylation is 1. The molecule has 0 aromatic carbocycles. The first-order valence-electron chi connectivity index (χ1n) is 8.19. The Bertz CT molecular complexity index is 611. The standard InChI is InChI=1S/C17H23N3O/c1-2-3-13-6-7-14(21-13)10-20-9-8-15-16(19-11-18-15)17(20)12-4-5-12/h6-7,11-12,17H,2-5,8-10H2,1H3,(H,18,19)/t17-/m1/s1. The zero-order chi connectivity index (χ0) is 14.2. The van der Waals surface area contributed by atoms with Gasteiger partial charge in [0.15, 0.2) is 0 Å². The second-order valence-corrected chi connectivity index (χ2v) is 6.39. The molecular weight excluding hydrogens is 262 g/mol. The molecule has 2 aromatic rings. The molecule has 2 aromatic heterocycles. The van der Waals surface area contributed by atoms with Crippen molar-refractivity contribution in [1.29, 1.82) is 0 Å². The molecule has 1 aliphatic heterocycles. The summed E-state index contributed by atoms with van der Waals surface area (Å²) in [5, 5.41) is 0. The summed E-state index contributed by atoms with van der Waals surface area (Å²) in [6.45, 7) is 4.20. The molecule has 0 spiro atoms. The minimum atomic E-state index is 0.486. The maximum Gasteiger partial charge on any atom is 0.118 e. The Balaban J connectivity index is 1.53. The number of aromatic nitrogens is 2. The lowest BCUT2D eigenvalue weighted by atomic mass is 9.98. The average Bonchev–Trinajstić information content (AvgIpc) is 3.03. The van der Waals surface area contributed by atoms with Gasteiger partial charge in [0.2, 0.25) is 0 Å². The summed E-state index contributed by atoms with van der Waals surface area (Å²) < 4.78 is 5.97. The van der Waals surface area contributed by atoms with Crippen LogP contribution in [0.1, 0.15) is 55.1 Å². The maximum absolute atomic E-state index is 5.97. The van der Waals surface area contributed by atoms with Crippen molar-refractivity contribution < 1.29 is 4.42 Å². The van der Waals surface area contributed by atoms with Gasteiger partial charge in [0, 0.05) is 25.1 Å². The van der Waals surface area contributed by atoms with E-state index in [9.17, 15) is 0 Å². The first-order chi connectivity index (χ1) is 10.3. The van der Waals surface area contributed by atoms with Gasteiger partial charge in [0.1, 0.15) is 11.5 Å². The van der Waals surface area contributed by atoms with Crippen LogP contribution in [0.2, 0.25) is 0 Å². The molecular formula is C17H23N3O. The van der Waals surface area contributed by atoms with Crippen molar-refractivity contribution in [2.75, 3.05) is 6.54 Å². The van der Waals surface area contributed by atoms with E-state index in [0.29, 0.717) is 6.04 Å². The van der Waals surface area contributed by atoms with Crippen molar-refractivity contribution in [3.05, 3.63) is 41.4 Å². The number of hydrogen-bond donors (Lipinski definition) is 1. The molecule has 1 saturated carbocycles. The summed E-state index contributed by atoms with van der Waals surface area (Å²) in [6.07, 6.45) is 7.78. The predicted molar refractivity (Wildman–Crippen MR) is 80.9 cm³/mol. The molecule has 1 fully saturated rings. The fourth-order valence-electron chi connectivity index (χ4n) is 3.55. The van der Waals surface area contributed by atoms with E-state index in [1.165, 1.54) is 24.2 Å². The third-order valence-electron chi connectivity index (χ3n) is 4.72. The van der Waals surface area contributed by atoms with Gasteiger partial charge >= 0.3 is 0 Å². The van der Waals surface area contributed by atoms with Crippen molar-refractivity contribution in [2.24, 2.45) is 5.92 Å². The highest BCUT2D eigenvalue weighted by molar-refractivity contribution is 5.22. The lowest BCUT2D eigenvalue weighted by molar-refractivity contribution is 0.140. The number of fused-ring (bicyclic) bond motifs is 1. The molecule has 0 saturated heterocycles. The van der Waals surface area contributed by atoms with E-state index in [0.717, 1.165) is 49.8 Å². The van der Waals surface area contributed by atoms with Gasteiger partial charge in [-0.2, -0.15) is 0 Å². The second-order valence-electron chi connectivity index (χ2n) is 6.39. The maximum atomic E-state index is 5.97. The highest BCUT2D eigenvalue weighted by Gasteiger charge is 2.41. The Morgan fingerprint density at radius 1 is 1.33 bits per heavy atom. The molecule has 4 heteroatoms. The highest BCUT2D eigenvalue weighted by Crippen LogP contribution is 2.46. The Labute approximate surface area is 125 Å². The van der Waals surface area contributed by atoms with Crippen LogP contribution in [0.3, 0.4) is 0 Å². The van der Waals surface area contributed by atoms with Crippen molar-refractivity contribution in [1.82, 2.24) is 14.9 Å². The van der Waals surface area contributed by atoms with E-state index in [2.05, 4.69) is 33.9 Å². The van der Waals surface area contributed by atoms with Gasteiger partial charge in [-0.05, 0) is 37.3 Å². The summed E-state index contributed by atoms with van der Waals surface area (Å²) in [7, 11) is 0. The molecule has 0 amide bonds. The normalized spacial score (nSPS) is 22.4. The number of furan rings is 1. The van der Waals surface area contributed by atoms with Crippen LogP contribution >= 0.6 is 0 Å². The van der Waals surface area contributed by atoms with Gasteiger partial charge < -0.3 is 9.40 Å². The van der Waals surface area contributed by atoms with E-state index in [1.807, 2.05) is 6.33 Å². The third kappa shape index (κ3) is 2.53. The number of nitrogens with zero attached hydrogens (tertiary/aromatic N) is 2. The third-order valence-corrected chi connectivity index (χ3v) is 4.72. The first kappa shape index (κ1) is 13.1. The van der Waals surface area contributed by atoms with Gasteiger partial charge in [-0.25, -0.2) is 4.98 Å². The highest BCUT2D eigenvalue weighted by atomic mass is 16.3. The van der Waals surface area contributed by atoms with Crippen LogP contribution in [0.15, 0.2) is 22.9 Å². The van der Waals surface area contributed by atoms with Gasteiger partial charge in [-0.15, -0.1) is 0 Å². The fourth-order valence-corrected chi connectivity index (χ4v) is 3.55. The average molecular weight is 285 g/mol. The molecule has 2 aliphatic rings. The van der Waals surface area contributed by atoms with Crippen LogP contribution in [-0.4, -0.2) is 21.4 Å². The number of nitrogens with one attached hydrogen (secondary N) is 1. The summed E-state index contributed by atoms with van der Waals surface area (Å²) in [6, 6.07) is 4.77. The van der Waals surface area contributed by atoms with Crippen LogP contribution in [-0.2, 0) is 19.4 Å². The molecule has 21 heavy (non-hydrogen) atoms. The Morgan fingerprint density at radius 2 is 2.19 bits per heavy atom. The lowest BCUT2D eigenvalue weighted by Gasteiger charge is -2.34.